The lowest BCUT2D eigenvalue weighted by atomic mass is 10.1. The Morgan fingerprint density at radius 3 is 2.73 bits per heavy atom. The smallest absolute Gasteiger partial charge is 0.0715 e. The first-order valence-corrected chi connectivity index (χ1v) is 5.39. The molecule has 1 heterocycles. The molecule has 0 aliphatic heterocycles. The number of nitrogens with zero attached hydrogens (tertiary/aromatic N) is 2. The molecular formula is C11H21N3O. The molecule has 1 rings (SSSR count). The van der Waals surface area contributed by atoms with Gasteiger partial charge in [-0.1, -0.05) is 0 Å². The van der Waals surface area contributed by atoms with Crippen LogP contribution in [0.3, 0.4) is 0 Å². The molecule has 0 fully saturated rings. The van der Waals surface area contributed by atoms with Crippen molar-refractivity contribution in [2.75, 3.05) is 6.54 Å². The highest BCUT2D eigenvalue weighted by atomic mass is 16.3. The second-order valence-electron chi connectivity index (χ2n) is 4.51. The van der Waals surface area contributed by atoms with Gasteiger partial charge in [0, 0.05) is 19.6 Å². The van der Waals surface area contributed by atoms with Crippen LogP contribution in [0.1, 0.15) is 32.2 Å². The Hall–Kier alpha value is -0.870. The van der Waals surface area contributed by atoms with Crippen LogP contribution in [0.4, 0.5) is 0 Å². The lowest BCUT2D eigenvalue weighted by molar-refractivity contribution is 0.0793. The molecule has 0 unspecified atom stereocenters. The first kappa shape index (κ1) is 12.2. The highest BCUT2D eigenvalue weighted by Gasteiger charge is 2.12. The van der Waals surface area contributed by atoms with Gasteiger partial charge in [0.05, 0.1) is 17.0 Å². The van der Waals surface area contributed by atoms with E-state index in [0.717, 1.165) is 18.8 Å². The lowest BCUT2D eigenvalue weighted by Crippen LogP contribution is -2.34. The fourth-order valence-electron chi connectivity index (χ4n) is 1.51. The van der Waals surface area contributed by atoms with E-state index in [-0.39, 0.29) is 0 Å². The summed E-state index contributed by atoms with van der Waals surface area (Å²) in [4.78, 5) is 0. The Balaban J connectivity index is 2.50. The van der Waals surface area contributed by atoms with Gasteiger partial charge < -0.3 is 10.4 Å². The van der Waals surface area contributed by atoms with Crippen molar-refractivity contribution in [3.05, 3.63) is 17.5 Å². The SMILES string of the molecule is CCn1nc(C)cc1CNCC(C)(C)O. The van der Waals surface area contributed by atoms with Crippen LogP contribution >= 0.6 is 0 Å². The van der Waals surface area contributed by atoms with Crippen molar-refractivity contribution in [3.63, 3.8) is 0 Å². The van der Waals surface area contributed by atoms with Gasteiger partial charge in [0.2, 0.25) is 0 Å². The second-order valence-corrected chi connectivity index (χ2v) is 4.51. The van der Waals surface area contributed by atoms with Crippen LogP contribution < -0.4 is 5.32 Å². The first-order chi connectivity index (χ1) is 6.92. The molecule has 0 spiro atoms. The van der Waals surface area contributed by atoms with Crippen LogP contribution in [0, 0.1) is 6.92 Å². The van der Waals surface area contributed by atoms with Gasteiger partial charge in [-0.2, -0.15) is 5.10 Å². The minimum Gasteiger partial charge on any atom is -0.389 e. The highest BCUT2D eigenvalue weighted by Crippen LogP contribution is 2.04. The van der Waals surface area contributed by atoms with E-state index < -0.39 is 5.60 Å². The maximum atomic E-state index is 9.54. The van der Waals surface area contributed by atoms with E-state index in [0.29, 0.717) is 6.54 Å². The maximum absolute atomic E-state index is 9.54. The molecule has 0 aliphatic carbocycles. The van der Waals surface area contributed by atoms with Gasteiger partial charge in [0.15, 0.2) is 0 Å². The molecule has 0 atom stereocenters. The Morgan fingerprint density at radius 2 is 2.20 bits per heavy atom. The molecule has 0 aromatic carbocycles. The average Bonchev–Trinajstić information content (AvgIpc) is 2.44. The summed E-state index contributed by atoms with van der Waals surface area (Å²) in [5, 5.41) is 17.1. The number of aryl methyl sites for hydroxylation is 2. The molecule has 86 valence electrons. The zero-order valence-corrected chi connectivity index (χ0v) is 10.0. The molecule has 4 heteroatoms. The minimum atomic E-state index is -0.661. The molecule has 1 aromatic rings. The second kappa shape index (κ2) is 4.77. The number of hydrogen-bond acceptors (Lipinski definition) is 3. The zero-order valence-electron chi connectivity index (χ0n) is 10.0. The van der Waals surface area contributed by atoms with E-state index in [1.54, 1.807) is 13.8 Å². The average molecular weight is 211 g/mol. The number of aromatic nitrogens is 2. The van der Waals surface area contributed by atoms with Crippen LogP contribution in [0.25, 0.3) is 0 Å². The van der Waals surface area contributed by atoms with Crippen molar-refractivity contribution in [1.29, 1.82) is 0 Å². The predicted octanol–water partition coefficient (Wildman–Crippen LogP) is 1.07. The van der Waals surface area contributed by atoms with E-state index in [1.807, 2.05) is 11.6 Å². The largest absolute Gasteiger partial charge is 0.389 e. The molecule has 2 N–H and O–H groups in total. The molecule has 15 heavy (non-hydrogen) atoms. The van der Waals surface area contributed by atoms with Gasteiger partial charge in [-0.15, -0.1) is 0 Å². The molecule has 0 radical (unpaired) electrons. The number of nitrogens with one attached hydrogen (secondary N) is 1. The van der Waals surface area contributed by atoms with Gasteiger partial charge in [-0.25, -0.2) is 0 Å². The molecule has 0 amide bonds. The van der Waals surface area contributed by atoms with E-state index in [1.165, 1.54) is 5.69 Å². The van der Waals surface area contributed by atoms with E-state index in [4.69, 9.17) is 0 Å². The third-order valence-corrected chi connectivity index (χ3v) is 2.15. The standard InChI is InChI=1S/C11H21N3O/c1-5-14-10(6-9(2)13-14)7-12-8-11(3,4)15/h6,12,15H,5,7-8H2,1-4H3. The number of hydrogen-bond donors (Lipinski definition) is 2. The van der Waals surface area contributed by atoms with Crippen molar-refractivity contribution in [3.8, 4) is 0 Å². The maximum Gasteiger partial charge on any atom is 0.0715 e. The quantitative estimate of drug-likeness (QED) is 0.766. The number of rotatable bonds is 5. The van der Waals surface area contributed by atoms with Crippen LogP contribution in [0.15, 0.2) is 6.07 Å². The van der Waals surface area contributed by atoms with Gasteiger partial charge in [0.1, 0.15) is 0 Å². The Bertz CT molecular complexity index is 312. The molecule has 1 aromatic heterocycles. The monoisotopic (exact) mass is 211 g/mol. The molecule has 0 saturated carbocycles. The van der Waals surface area contributed by atoms with Crippen LogP contribution in [0.5, 0.6) is 0 Å². The third kappa shape index (κ3) is 4.01. The summed E-state index contributed by atoms with van der Waals surface area (Å²) in [6, 6.07) is 2.07. The minimum absolute atomic E-state index is 0.584. The topological polar surface area (TPSA) is 50.1 Å². The summed E-state index contributed by atoms with van der Waals surface area (Å²) in [7, 11) is 0. The van der Waals surface area contributed by atoms with E-state index >= 15 is 0 Å². The van der Waals surface area contributed by atoms with Crippen molar-refractivity contribution in [2.24, 2.45) is 0 Å². The molecule has 4 nitrogen and oxygen atoms in total. The predicted molar refractivity (Wildman–Crippen MR) is 60.6 cm³/mol. The fraction of sp³-hybridized carbons (Fsp3) is 0.727. The lowest BCUT2D eigenvalue weighted by Gasteiger charge is -2.17. The molecule has 0 aliphatic rings. The fourth-order valence-corrected chi connectivity index (χ4v) is 1.51. The molecule has 0 bridgehead atoms. The van der Waals surface area contributed by atoms with Gasteiger partial charge in [-0.3, -0.25) is 4.68 Å². The summed E-state index contributed by atoms with van der Waals surface area (Å²) in [5.41, 5.74) is 1.54. The van der Waals surface area contributed by atoms with Gasteiger partial charge in [0.25, 0.3) is 0 Å². The Morgan fingerprint density at radius 1 is 1.53 bits per heavy atom. The summed E-state index contributed by atoms with van der Waals surface area (Å²) in [6.07, 6.45) is 0. The summed E-state index contributed by atoms with van der Waals surface area (Å²) < 4.78 is 1.98. The van der Waals surface area contributed by atoms with Crippen molar-refractivity contribution < 1.29 is 5.11 Å². The summed E-state index contributed by atoms with van der Waals surface area (Å²) in [5.74, 6) is 0. The van der Waals surface area contributed by atoms with Crippen molar-refractivity contribution in [1.82, 2.24) is 15.1 Å². The Kier molecular flexibility index (Phi) is 3.88. The van der Waals surface area contributed by atoms with E-state index in [2.05, 4.69) is 23.4 Å². The summed E-state index contributed by atoms with van der Waals surface area (Å²) in [6.45, 7) is 9.87. The van der Waals surface area contributed by atoms with Gasteiger partial charge >= 0.3 is 0 Å². The van der Waals surface area contributed by atoms with Crippen LogP contribution in [-0.2, 0) is 13.1 Å². The number of aliphatic hydroxyl groups is 1. The summed E-state index contributed by atoms with van der Waals surface area (Å²) >= 11 is 0. The van der Waals surface area contributed by atoms with Crippen LogP contribution in [-0.4, -0.2) is 27.0 Å². The Labute approximate surface area is 91.3 Å². The van der Waals surface area contributed by atoms with Crippen LogP contribution in [0.2, 0.25) is 0 Å². The highest BCUT2D eigenvalue weighted by molar-refractivity contribution is 5.08. The normalized spacial score (nSPS) is 12.1. The van der Waals surface area contributed by atoms with E-state index in [9.17, 15) is 5.11 Å². The molecule has 0 saturated heterocycles. The van der Waals surface area contributed by atoms with Crippen molar-refractivity contribution >= 4 is 0 Å². The zero-order chi connectivity index (χ0) is 11.5. The van der Waals surface area contributed by atoms with Crippen molar-refractivity contribution in [2.45, 2.75) is 46.4 Å². The third-order valence-electron chi connectivity index (χ3n) is 2.15. The first-order valence-electron chi connectivity index (χ1n) is 5.39. The van der Waals surface area contributed by atoms with Gasteiger partial charge in [-0.05, 0) is 33.8 Å². The molecular weight excluding hydrogens is 190 g/mol.